The lowest BCUT2D eigenvalue weighted by Gasteiger charge is -2.27. The van der Waals surface area contributed by atoms with Gasteiger partial charge in [-0.25, -0.2) is 0 Å². The first-order valence-corrected chi connectivity index (χ1v) is 4.98. The van der Waals surface area contributed by atoms with Crippen molar-refractivity contribution in [2.75, 3.05) is 32.7 Å². The fourth-order valence-electron chi connectivity index (χ4n) is 1.65. The molecule has 12 heavy (non-hydrogen) atoms. The molecule has 0 saturated carbocycles. The standard InChI is InChI=1S/C9H21N3/c1-9-3-7-12(8-4-10)6-2-5-11-9/h9,11H,2-8,10H2,1H3. The van der Waals surface area contributed by atoms with Gasteiger partial charge in [0.05, 0.1) is 0 Å². The largest absolute Gasteiger partial charge is 0.329 e. The van der Waals surface area contributed by atoms with E-state index in [1.807, 2.05) is 0 Å². The monoisotopic (exact) mass is 171 g/mol. The van der Waals surface area contributed by atoms with E-state index in [-0.39, 0.29) is 0 Å². The highest BCUT2D eigenvalue weighted by molar-refractivity contribution is 4.69. The molecule has 0 radical (unpaired) electrons. The minimum atomic E-state index is 0.672. The predicted molar refractivity (Wildman–Crippen MR) is 52.2 cm³/mol. The van der Waals surface area contributed by atoms with Gasteiger partial charge in [0, 0.05) is 19.1 Å². The van der Waals surface area contributed by atoms with Crippen molar-refractivity contribution < 1.29 is 0 Å². The summed E-state index contributed by atoms with van der Waals surface area (Å²) >= 11 is 0. The molecule has 0 spiro atoms. The van der Waals surface area contributed by atoms with E-state index in [1.54, 1.807) is 0 Å². The highest BCUT2D eigenvalue weighted by Gasteiger charge is 2.09. The quantitative estimate of drug-likeness (QED) is 0.615. The van der Waals surface area contributed by atoms with Gasteiger partial charge in [-0.1, -0.05) is 0 Å². The Morgan fingerprint density at radius 2 is 2.33 bits per heavy atom. The molecule has 0 aliphatic carbocycles. The maximum Gasteiger partial charge on any atom is 0.0105 e. The van der Waals surface area contributed by atoms with Gasteiger partial charge in [0.1, 0.15) is 0 Å². The van der Waals surface area contributed by atoms with Crippen molar-refractivity contribution in [2.45, 2.75) is 25.8 Å². The van der Waals surface area contributed by atoms with Crippen LogP contribution in [0.4, 0.5) is 0 Å². The van der Waals surface area contributed by atoms with Gasteiger partial charge in [-0.2, -0.15) is 0 Å². The van der Waals surface area contributed by atoms with E-state index in [2.05, 4.69) is 17.1 Å². The molecule has 0 aromatic carbocycles. The van der Waals surface area contributed by atoms with Gasteiger partial charge in [0.2, 0.25) is 0 Å². The summed E-state index contributed by atoms with van der Waals surface area (Å²) in [4.78, 5) is 2.47. The normalized spacial score (nSPS) is 28.0. The van der Waals surface area contributed by atoms with Crippen LogP contribution in [-0.2, 0) is 0 Å². The summed E-state index contributed by atoms with van der Waals surface area (Å²) in [5.74, 6) is 0. The molecule has 1 unspecified atom stereocenters. The van der Waals surface area contributed by atoms with Gasteiger partial charge in [-0.05, 0) is 39.4 Å². The Bertz CT molecular complexity index is 116. The highest BCUT2D eigenvalue weighted by atomic mass is 15.1. The molecular weight excluding hydrogens is 150 g/mol. The summed E-state index contributed by atoms with van der Waals surface area (Å²) in [5, 5.41) is 3.49. The van der Waals surface area contributed by atoms with Crippen molar-refractivity contribution in [3.8, 4) is 0 Å². The second-order valence-corrected chi connectivity index (χ2v) is 3.63. The molecule has 72 valence electrons. The molecule has 3 nitrogen and oxygen atoms in total. The third kappa shape index (κ3) is 3.52. The van der Waals surface area contributed by atoms with Crippen LogP contribution in [0.2, 0.25) is 0 Å². The van der Waals surface area contributed by atoms with Gasteiger partial charge in [0.15, 0.2) is 0 Å². The van der Waals surface area contributed by atoms with Crippen LogP contribution in [0.5, 0.6) is 0 Å². The number of nitrogens with one attached hydrogen (secondary N) is 1. The Balaban J connectivity index is 2.24. The number of rotatable bonds is 2. The zero-order chi connectivity index (χ0) is 8.81. The molecule has 1 saturated heterocycles. The first-order chi connectivity index (χ1) is 5.83. The number of nitrogens with zero attached hydrogens (tertiary/aromatic N) is 1. The molecule has 0 amide bonds. The van der Waals surface area contributed by atoms with E-state index in [0.29, 0.717) is 6.04 Å². The average molecular weight is 171 g/mol. The average Bonchev–Trinajstić information content (AvgIpc) is 2.04. The third-order valence-electron chi connectivity index (χ3n) is 2.47. The molecule has 1 rings (SSSR count). The van der Waals surface area contributed by atoms with Crippen LogP contribution in [0.1, 0.15) is 19.8 Å². The van der Waals surface area contributed by atoms with Crippen LogP contribution < -0.4 is 11.1 Å². The van der Waals surface area contributed by atoms with Crippen molar-refractivity contribution in [3.63, 3.8) is 0 Å². The number of hydrogen-bond donors (Lipinski definition) is 2. The number of nitrogens with two attached hydrogens (primary N) is 1. The van der Waals surface area contributed by atoms with Gasteiger partial charge in [-0.3, -0.25) is 0 Å². The lowest BCUT2D eigenvalue weighted by molar-refractivity contribution is 0.243. The van der Waals surface area contributed by atoms with Crippen molar-refractivity contribution in [1.29, 1.82) is 0 Å². The molecule has 0 bridgehead atoms. The van der Waals surface area contributed by atoms with Gasteiger partial charge in [0.25, 0.3) is 0 Å². The zero-order valence-corrected chi connectivity index (χ0v) is 8.05. The summed E-state index contributed by atoms with van der Waals surface area (Å²) in [6.45, 7) is 7.67. The predicted octanol–water partition coefficient (Wildman–Crippen LogP) is 0.0190. The van der Waals surface area contributed by atoms with Crippen LogP contribution in [-0.4, -0.2) is 43.7 Å². The van der Waals surface area contributed by atoms with E-state index in [4.69, 9.17) is 5.73 Å². The summed E-state index contributed by atoms with van der Waals surface area (Å²) in [6.07, 6.45) is 2.50. The molecule has 1 aliphatic rings. The second-order valence-electron chi connectivity index (χ2n) is 3.63. The molecular formula is C9H21N3. The van der Waals surface area contributed by atoms with Crippen LogP contribution >= 0.6 is 0 Å². The topological polar surface area (TPSA) is 41.3 Å². The van der Waals surface area contributed by atoms with E-state index >= 15 is 0 Å². The Kier molecular flexibility index (Phi) is 4.58. The van der Waals surface area contributed by atoms with Crippen LogP contribution in [0.25, 0.3) is 0 Å². The second kappa shape index (κ2) is 5.51. The van der Waals surface area contributed by atoms with Gasteiger partial charge < -0.3 is 16.0 Å². The van der Waals surface area contributed by atoms with Crippen LogP contribution in [0.3, 0.4) is 0 Å². The van der Waals surface area contributed by atoms with Crippen LogP contribution in [0.15, 0.2) is 0 Å². The Hall–Kier alpha value is -0.120. The third-order valence-corrected chi connectivity index (χ3v) is 2.47. The minimum absolute atomic E-state index is 0.672. The van der Waals surface area contributed by atoms with Gasteiger partial charge in [-0.15, -0.1) is 0 Å². The minimum Gasteiger partial charge on any atom is -0.329 e. The molecule has 3 N–H and O–H groups in total. The SMILES string of the molecule is CC1CCN(CCN)CCCN1. The van der Waals surface area contributed by atoms with Crippen molar-refractivity contribution in [2.24, 2.45) is 5.73 Å². The Morgan fingerprint density at radius 3 is 3.08 bits per heavy atom. The fourth-order valence-corrected chi connectivity index (χ4v) is 1.65. The van der Waals surface area contributed by atoms with E-state index < -0.39 is 0 Å². The Labute approximate surface area is 75.3 Å². The maximum absolute atomic E-state index is 5.53. The lowest BCUT2D eigenvalue weighted by atomic mass is 10.2. The van der Waals surface area contributed by atoms with Crippen molar-refractivity contribution in [1.82, 2.24) is 10.2 Å². The molecule has 1 atom stereocenters. The molecule has 0 aromatic heterocycles. The molecule has 1 aliphatic heterocycles. The molecule has 3 heteroatoms. The smallest absolute Gasteiger partial charge is 0.0105 e. The first kappa shape index (κ1) is 9.96. The fraction of sp³-hybridized carbons (Fsp3) is 1.00. The van der Waals surface area contributed by atoms with Crippen molar-refractivity contribution >= 4 is 0 Å². The van der Waals surface area contributed by atoms with Crippen molar-refractivity contribution in [3.05, 3.63) is 0 Å². The number of hydrogen-bond acceptors (Lipinski definition) is 3. The lowest BCUT2D eigenvalue weighted by Crippen LogP contribution is -2.40. The van der Waals surface area contributed by atoms with Gasteiger partial charge >= 0.3 is 0 Å². The molecule has 1 fully saturated rings. The summed E-state index contributed by atoms with van der Waals surface area (Å²) < 4.78 is 0. The molecule has 1 heterocycles. The van der Waals surface area contributed by atoms with E-state index in [0.717, 1.165) is 19.6 Å². The maximum atomic E-state index is 5.53. The summed E-state index contributed by atoms with van der Waals surface area (Å²) in [5.41, 5.74) is 5.53. The van der Waals surface area contributed by atoms with E-state index in [1.165, 1.54) is 25.9 Å². The Morgan fingerprint density at radius 1 is 1.50 bits per heavy atom. The molecule has 0 aromatic rings. The summed E-state index contributed by atoms with van der Waals surface area (Å²) in [6, 6.07) is 0.672. The highest BCUT2D eigenvalue weighted by Crippen LogP contribution is 2.00. The van der Waals surface area contributed by atoms with E-state index in [9.17, 15) is 0 Å². The summed E-state index contributed by atoms with van der Waals surface area (Å²) in [7, 11) is 0. The zero-order valence-electron chi connectivity index (χ0n) is 8.05. The van der Waals surface area contributed by atoms with Crippen LogP contribution in [0, 0.1) is 0 Å². The first-order valence-electron chi connectivity index (χ1n) is 4.98.